The third-order valence-corrected chi connectivity index (χ3v) is 15.0. The van der Waals surface area contributed by atoms with Crippen molar-refractivity contribution in [3.63, 3.8) is 0 Å². The number of nitrogens with one attached hydrogen (secondary N) is 1. The first kappa shape index (κ1) is 56.6. The number of halogens is 3. The van der Waals surface area contributed by atoms with Gasteiger partial charge in [-0.2, -0.15) is 0 Å². The van der Waals surface area contributed by atoms with Crippen molar-refractivity contribution in [3.05, 3.63) is 119 Å². The molecule has 19 nitrogen and oxygen atoms in total. The molecule has 2 saturated carbocycles. The first-order chi connectivity index (χ1) is 35.2. The van der Waals surface area contributed by atoms with E-state index in [4.69, 9.17) is 72.7 Å². The van der Waals surface area contributed by atoms with Crippen molar-refractivity contribution < 1.29 is 86.5 Å². The fourth-order valence-corrected chi connectivity index (χ4v) is 11.2. The highest BCUT2D eigenvalue weighted by Gasteiger charge is 2.79. The number of aliphatic hydroxyl groups excluding tert-OH is 1. The molecule has 1 aliphatic heterocycles. The second-order valence-electron chi connectivity index (χ2n) is 19.7. The number of aliphatic hydroxyl groups is 2. The molecule has 2 unspecified atom stereocenters. The summed E-state index contributed by atoms with van der Waals surface area (Å²) in [4.78, 5) is 112. The maximum Gasteiger partial charge on any atom is 0.509 e. The van der Waals surface area contributed by atoms with Crippen LogP contribution in [0.3, 0.4) is 0 Å². The highest BCUT2D eigenvalue weighted by molar-refractivity contribution is 6.67. The van der Waals surface area contributed by atoms with Gasteiger partial charge in [0.15, 0.2) is 17.5 Å². The Labute approximate surface area is 446 Å². The summed E-state index contributed by atoms with van der Waals surface area (Å²) in [6, 6.07) is 21.8. The maximum atomic E-state index is 15.8. The van der Waals surface area contributed by atoms with Gasteiger partial charge in [0.2, 0.25) is 9.90 Å². The van der Waals surface area contributed by atoms with E-state index in [2.05, 4.69) is 5.32 Å². The molecule has 2 bridgehead atoms. The Balaban J connectivity index is 1.41. The molecule has 402 valence electrons. The molecule has 3 fully saturated rings. The zero-order valence-electron chi connectivity index (χ0n) is 41.7. The van der Waals surface area contributed by atoms with E-state index in [-0.39, 0.29) is 34.3 Å². The van der Waals surface area contributed by atoms with Crippen LogP contribution in [0.2, 0.25) is 0 Å². The molecule has 75 heavy (non-hydrogen) atoms. The summed E-state index contributed by atoms with van der Waals surface area (Å²) in [5.41, 5.74) is -8.50. The van der Waals surface area contributed by atoms with Crippen LogP contribution in [0, 0.1) is 16.7 Å². The molecule has 12 atom stereocenters. The summed E-state index contributed by atoms with van der Waals surface area (Å²) in [7, 11) is 0. The Hall–Kier alpha value is -6.09. The quantitative estimate of drug-likeness (QED) is 0.0702. The summed E-state index contributed by atoms with van der Waals surface area (Å²) < 4.78 is 44.6. The molecule has 22 heteroatoms. The highest BCUT2D eigenvalue weighted by Crippen LogP contribution is 2.64. The highest BCUT2D eigenvalue weighted by atomic mass is 35.6. The number of ether oxygens (including phenoxy) is 8. The Kier molecular flexibility index (Phi) is 16.5. The largest absolute Gasteiger partial charge is 0.509 e. The average molecular weight is 1100 g/mol. The number of rotatable bonds is 14. The monoisotopic (exact) mass is 1100 g/mol. The van der Waals surface area contributed by atoms with Crippen LogP contribution in [0.4, 0.5) is 4.79 Å². The number of ketones is 1. The van der Waals surface area contributed by atoms with Gasteiger partial charge in [0.1, 0.15) is 48.8 Å². The Bertz CT molecular complexity index is 2740. The van der Waals surface area contributed by atoms with Gasteiger partial charge in [0, 0.05) is 37.7 Å². The third-order valence-electron chi connectivity index (χ3n) is 14.7. The molecule has 0 radical (unpaired) electrons. The van der Waals surface area contributed by atoms with E-state index in [0.29, 0.717) is 0 Å². The van der Waals surface area contributed by atoms with Crippen LogP contribution in [0.1, 0.15) is 93.6 Å². The van der Waals surface area contributed by atoms with Gasteiger partial charge in [-0.3, -0.25) is 19.2 Å². The molecular weight excluding hydrogens is 1040 g/mol. The predicted molar refractivity (Wildman–Crippen MR) is 264 cm³/mol. The van der Waals surface area contributed by atoms with Gasteiger partial charge in [0.25, 0.3) is 5.91 Å². The molecule has 3 aliphatic carbocycles. The van der Waals surface area contributed by atoms with E-state index in [1.54, 1.807) is 54.6 Å². The minimum absolute atomic E-state index is 0.00330. The second-order valence-corrected chi connectivity index (χ2v) is 22.2. The topological polar surface area (TPSA) is 263 Å². The lowest BCUT2D eigenvalue weighted by atomic mass is 9.44. The fourth-order valence-electron chi connectivity index (χ4n) is 11.0. The van der Waals surface area contributed by atoms with Crippen molar-refractivity contribution in [2.45, 2.75) is 125 Å². The summed E-state index contributed by atoms with van der Waals surface area (Å²) in [5.74, 6) is -8.76. The number of amides is 1. The van der Waals surface area contributed by atoms with Crippen LogP contribution in [0.25, 0.3) is 0 Å². The first-order valence-electron chi connectivity index (χ1n) is 23.8. The molecule has 1 saturated heterocycles. The number of fused-ring (bicyclic) bond motifs is 5. The third kappa shape index (κ3) is 11.1. The standard InChI is InChI=1S/C53H56Cl3NO18/c1-27-34(71-47(65)40(73-48(66)69-26-53(54,55)56)38(31-17-11-8-12-18-31)57-44(62)32-19-13-9-14-20-32)24-52(67)43(74-46(64)33-21-15-10-16-22-33)41-50(7,42(61)39(60)37(27)49(52,5)6)35(72-45(63)28(2)70-29(3)58)23-36-51(41,25-68-36)75-30(4)59/h8-22,28,34-36,38-41,43,60,67H,23-26H2,1-7H3,(H,57,62)/t28?,34-,35-,36+,38-,39+,40+,41?,43-,50+,51-,52+/m0/s1. The molecule has 4 aliphatic rings. The van der Waals surface area contributed by atoms with Crippen LogP contribution in [-0.4, -0.2) is 129 Å². The van der Waals surface area contributed by atoms with Crippen LogP contribution in [0.15, 0.2) is 102 Å². The van der Waals surface area contributed by atoms with E-state index < -0.39 is 148 Å². The number of carbonyl (C=O) groups is 8. The van der Waals surface area contributed by atoms with E-state index >= 15 is 9.59 Å². The molecule has 3 aromatic rings. The maximum absolute atomic E-state index is 15.8. The van der Waals surface area contributed by atoms with E-state index in [9.17, 15) is 39.0 Å². The zero-order valence-corrected chi connectivity index (χ0v) is 44.0. The van der Waals surface area contributed by atoms with Crippen LogP contribution in [-0.2, 0) is 61.9 Å². The van der Waals surface area contributed by atoms with Crippen molar-refractivity contribution >= 4 is 82.5 Å². The predicted octanol–water partition coefficient (Wildman–Crippen LogP) is 6.20. The van der Waals surface area contributed by atoms with Gasteiger partial charge in [-0.15, -0.1) is 0 Å². The smallest absolute Gasteiger partial charge is 0.458 e. The zero-order chi connectivity index (χ0) is 55.0. The summed E-state index contributed by atoms with van der Waals surface area (Å²) in [5, 5.41) is 29.4. The summed E-state index contributed by atoms with van der Waals surface area (Å²) in [6.45, 7) is 7.80. The number of hydrogen-bond acceptors (Lipinski definition) is 18. The lowest BCUT2D eigenvalue weighted by Gasteiger charge is -2.67. The van der Waals surface area contributed by atoms with Crippen LogP contribution < -0.4 is 5.32 Å². The van der Waals surface area contributed by atoms with E-state index in [1.807, 2.05) is 0 Å². The second kappa shape index (κ2) is 21.9. The van der Waals surface area contributed by atoms with Gasteiger partial charge in [-0.05, 0) is 61.7 Å². The number of esters is 5. The Morgan fingerprint density at radius 3 is 1.95 bits per heavy atom. The average Bonchev–Trinajstić information content (AvgIpc) is 3.36. The van der Waals surface area contributed by atoms with Crippen molar-refractivity contribution in [3.8, 4) is 0 Å². The van der Waals surface area contributed by atoms with Gasteiger partial charge >= 0.3 is 36.0 Å². The number of Topliss-reactive ketones (excluding diaryl/α,β-unsaturated/α-hetero) is 1. The minimum Gasteiger partial charge on any atom is -0.458 e. The van der Waals surface area contributed by atoms with E-state index in [1.165, 1.54) is 71.0 Å². The fraction of sp³-hybridized carbons (Fsp3) is 0.472. The van der Waals surface area contributed by atoms with Gasteiger partial charge in [0.05, 0.1) is 23.5 Å². The normalized spacial score (nSPS) is 28.8. The molecule has 1 amide bonds. The molecular formula is C53H56Cl3NO18. The molecule has 0 spiro atoms. The number of hydrogen-bond donors (Lipinski definition) is 3. The van der Waals surface area contributed by atoms with Crippen molar-refractivity contribution in [1.29, 1.82) is 0 Å². The molecule has 0 aromatic heterocycles. The number of alkyl halides is 3. The van der Waals surface area contributed by atoms with Crippen LogP contribution in [0.5, 0.6) is 0 Å². The first-order valence-corrected chi connectivity index (χ1v) is 24.9. The minimum atomic E-state index is -2.59. The summed E-state index contributed by atoms with van der Waals surface area (Å²) >= 11 is 17.6. The molecule has 3 N–H and O–H groups in total. The Morgan fingerprint density at radius 2 is 1.40 bits per heavy atom. The van der Waals surface area contributed by atoms with Crippen molar-refractivity contribution in [1.82, 2.24) is 5.32 Å². The van der Waals surface area contributed by atoms with Crippen molar-refractivity contribution in [2.75, 3.05) is 13.2 Å². The lowest BCUT2D eigenvalue weighted by molar-refractivity contribution is -0.346. The van der Waals surface area contributed by atoms with Gasteiger partial charge in [-0.25, -0.2) is 19.2 Å². The number of benzene rings is 3. The molecule has 1 heterocycles. The number of carbonyl (C=O) groups excluding carboxylic acids is 8. The van der Waals surface area contributed by atoms with Gasteiger partial charge in [-0.1, -0.05) is 115 Å². The lowest BCUT2D eigenvalue weighted by Crippen LogP contribution is -2.82. The SMILES string of the molecule is CC(=O)OC(C)C(=O)O[C@H]1C[C@H]2OC[C@@]2(OC(C)=O)C2[C@H](OC(=O)c3ccccc3)[C@]3(O)C[C@H](OC(=O)[C@H](OC(=O)OCC(Cl)(Cl)Cl)[C@@H](NC(=O)c4ccccc4)c4ccccc4)C(C)=C([C@@H](O)C(=O)[C@@]21C)C3(C)C. The van der Waals surface area contributed by atoms with Crippen LogP contribution >= 0.6 is 34.8 Å². The summed E-state index contributed by atoms with van der Waals surface area (Å²) in [6.07, 6.45) is -15.0. The Morgan fingerprint density at radius 1 is 0.813 bits per heavy atom. The molecule has 3 aromatic carbocycles. The van der Waals surface area contributed by atoms with Gasteiger partial charge < -0.3 is 53.4 Å². The van der Waals surface area contributed by atoms with E-state index in [0.717, 1.165) is 13.8 Å². The van der Waals surface area contributed by atoms with Crippen molar-refractivity contribution in [2.24, 2.45) is 16.7 Å². The molecule has 7 rings (SSSR count).